The molecule has 0 saturated heterocycles. The maximum atomic E-state index is 11.7. The van der Waals surface area contributed by atoms with Crippen LogP contribution in [0.1, 0.15) is 11.3 Å². The average molecular weight is 331 g/mol. The Balaban J connectivity index is 1.54. The molecule has 3 heterocycles. The van der Waals surface area contributed by atoms with Gasteiger partial charge in [-0.25, -0.2) is 9.78 Å². The van der Waals surface area contributed by atoms with Crippen LogP contribution in [0.15, 0.2) is 40.7 Å². The molecule has 22 heavy (non-hydrogen) atoms. The van der Waals surface area contributed by atoms with E-state index in [1.54, 1.807) is 39.6 Å². The number of nitrogens with zero attached hydrogens (tertiary/aromatic N) is 3. The predicted octanol–water partition coefficient (Wildman–Crippen LogP) is 3.36. The fraction of sp³-hybridized carbons (Fsp3) is 0.133. The lowest BCUT2D eigenvalue weighted by molar-refractivity contribution is -0.139. The minimum atomic E-state index is -0.395. The van der Waals surface area contributed by atoms with E-state index in [0.29, 0.717) is 0 Å². The molecule has 0 bridgehead atoms. The standard InChI is InChI=1S/C15H13N3O2S2/c1-18-7-11(6-16-18)2-3-14(19)20-8-13-10-22-15(17-13)12-4-5-21-9-12/h2-7,9-10H,8H2,1H3/b3-2+. The first-order valence-electron chi connectivity index (χ1n) is 6.51. The number of esters is 1. The van der Waals surface area contributed by atoms with Gasteiger partial charge in [0.2, 0.25) is 0 Å². The molecule has 0 N–H and O–H groups in total. The highest BCUT2D eigenvalue weighted by molar-refractivity contribution is 7.14. The second-order valence-electron chi connectivity index (χ2n) is 4.54. The van der Waals surface area contributed by atoms with Gasteiger partial charge in [0.1, 0.15) is 11.6 Å². The monoisotopic (exact) mass is 331 g/mol. The van der Waals surface area contributed by atoms with Crippen LogP contribution in [0.5, 0.6) is 0 Å². The van der Waals surface area contributed by atoms with E-state index < -0.39 is 5.97 Å². The van der Waals surface area contributed by atoms with Gasteiger partial charge in [0.15, 0.2) is 0 Å². The van der Waals surface area contributed by atoms with Crippen LogP contribution in [0, 0.1) is 0 Å². The van der Waals surface area contributed by atoms with E-state index >= 15 is 0 Å². The van der Waals surface area contributed by atoms with E-state index in [9.17, 15) is 4.79 Å². The molecule has 0 aliphatic carbocycles. The molecule has 0 radical (unpaired) electrons. The quantitative estimate of drug-likeness (QED) is 0.531. The first-order valence-corrected chi connectivity index (χ1v) is 8.33. The molecule has 0 aliphatic rings. The zero-order valence-electron chi connectivity index (χ0n) is 11.8. The van der Waals surface area contributed by atoms with E-state index in [4.69, 9.17) is 4.74 Å². The molecule has 112 valence electrons. The van der Waals surface area contributed by atoms with Gasteiger partial charge in [-0.3, -0.25) is 4.68 Å². The third-order valence-corrected chi connectivity index (χ3v) is 4.44. The Labute approximate surface area is 135 Å². The van der Waals surface area contributed by atoms with Gasteiger partial charge in [0.05, 0.1) is 11.9 Å². The van der Waals surface area contributed by atoms with Crippen molar-refractivity contribution in [3.05, 3.63) is 51.9 Å². The molecule has 0 spiro atoms. The average Bonchev–Trinajstić information content (AvgIpc) is 3.23. The first-order chi connectivity index (χ1) is 10.7. The smallest absolute Gasteiger partial charge is 0.331 e. The Hall–Kier alpha value is -2.25. The summed E-state index contributed by atoms with van der Waals surface area (Å²) in [4.78, 5) is 16.1. The number of aryl methyl sites for hydroxylation is 1. The van der Waals surface area contributed by atoms with Crippen molar-refractivity contribution in [2.45, 2.75) is 6.61 Å². The second kappa shape index (κ2) is 6.67. The number of thiophene rings is 1. The number of carbonyl (C=O) groups excluding carboxylic acids is 1. The van der Waals surface area contributed by atoms with Crippen molar-refractivity contribution in [2.24, 2.45) is 7.05 Å². The molecule has 0 unspecified atom stereocenters. The van der Waals surface area contributed by atoms with Gasteiger partial charge in [-0.1, -0.05) is 0 Å². The Bertz CT molecular complexity index is 787. The zero-order chi connectivity index (χ0) is 15.4. The summed E-state index contributed by atoms with van der Waals surface area (Å²) in [5, 5.41) is 10.9. The SMILES string of the molecule is Cn1cc(/C=C/C(=O)OCc2csc(-c3ccsc3)n2)cn1. The number of hydrogen-bond acceptors (Lipinski definition) is 6. The summed E-state index contributed by atoms with van der Waals surface area (Å²) < 4.78 is 6.85. The molecule has 0 saturated carbocycles. The highest BCUT2D eigenvalue weighted by Crippen LogP contribution is 2.25. The van der Waals surface area contributed by atoms with E-state index in [0.717, 1.165) is 21.8 Å². The lowest BCUT2D eigenvalue weighted by Crippen LogP contribution is -2.00. The van der Waals surface area contributed by atoms with Crippen LogP contribution < -0.4 is 0 Å². The molecule has 5 nitrogen and oxygen atoms in total. The van der Waals surface area contributed by atoms with Gasteiger partial charge in [0, 0.05) is 41.2 Å². The summed E-state index contributed by atoms with van der Waals surface area (Å²) in [5.41, 5.74) is 2.71. The summed E-state index contributed by atoms with van der Waals surface area (Å²) in [5.74, 6) is -0.395. The first kappa shape index (κ1) is 14.7. The summed E-state index contributed by atoms with van der Waals surface area (Å²) in [6, 6.07) is 2.02. The fourth-order valence-corrected chi connectivity index (χ4v) is 3.29. The summed E-state index contributed by atoms with van der Waals surface area (Å²) in [6.45, 7) is 0.177. The molecule has 0 aliphatic heterocycles. The minimum Gasteiger partial charge on any atom is -0.456 e. The lowest BCUT2D eigenvalue weighted by Gasteiger charge is -1.97. The van der Waals surface area contributed by atoms with Gasteiger partial charge < -0.3 is 4.74 Å². The Morgan fingerprint density at radius 3 is 3.09 bits per heavy atom. The van der Waals surface area contributed by atoms with Gasteiger partial charge in [0.25, 0.3) is 0 Å². The molecule has 7 heteroatoms. The Morgan fingerprint density at radius 1 is 1.45 bits per heavy atom. The molecule has 0 aromatic carbocycles. The van der Waals surface area contributed by atoms with Crippen molar-refractivity contribution >= 4 is 34.7 Å². The van der Waals surface area contributed by atoms with Crippen LogP contribution in [0.25, 0.3) is 16.6 Å². The highest BCUT2D eigenvalue weighted by atomic mass is 32.1. The molecule has 0 amide bonds. The highest BCUT2D eigenvalue weighted by Gasteiger charge is 2.06. The maximum absolute atomic E-state index is 11.7. The van der Waals surface area contributed by atoms with E-state index in [-0.39, 0.29) is 6.61 Å². The number of thiazole rings is 1. The predicted molar refractivity (Wildman–Crippen MR) is 87.5 cm³/mol. The van der Waals surface area contributed by atoms with Gasteiger partial charge in [-0.2, -0.15) is 16.4 Å². The Kier molecular flexibility index (Phi) is 4.45. The molecule has 3 aromatic rings. The van der Waals surface area contributed by atoms with E-state index in [2.05, 4.69) is 10.1 Å². The van der Waals surface area contributed by atoms with Gasteiger partial charge in [-0.05, 0) is 17.5 Å². The van der Waals surface area contributed by atoms with Gasteiger partial charge in [-0.15, -0.1) is 11.3 Å². The Morgan fingerprint density at radius 2 is 2.36 bits per heavy atom. The third kappa shape index (κ3) is 3.69. The van der Waals surface area contributed by atoms with Crippen LogP contribution >= 0.6 is 22.7 Å². The van der Waals surface area contributed by atoms with Crippen LogP contribution in [-0.4, -0.2) is 20.7 Å². The van der Waals surface area contributed by atoms with Crippen molar-refractivity contribution in [3.63, 3.8) is 0 Å². The largest absolute Gasteiger partial charge is 0.456 e. The molecular formula is C15H13N3O2S2. The topological polar surface area (TPSA) is 57.0 Å². The number of carbonyl (C=O) groups is 1. The maximum Gasteiger partial charge on any atom is 0.331 e. The summed E-state index contributed by atoms with van der Waals surface area (Å²) >= 11 is 3.18. The van der Waals surface area contributed by atoms with Crippen molar-refractivity contribution < 1.29 is 9.53 Å². The van der Waals surface area contributed by atoms with Crippen LogP contribution in [0.2, 0.25) is 0 Å². The van der Waals surface area contributed by atoms with Crippen molar-refractivity contribution in [3.8, 4) is 10.6 Å². The molecular weight excluding hydrogens is 318 g/mol. The molecule has 3 rings (SSSR count). The van der Waals surface area contributed by atoms with Crippen molar-refractivity contribution in [1.82, 2.24) is 14.8 Å². The van der Waals surface area contributed by atoms with Crippen LogP contribution in [0.4, 0.5) is 0 Å². The number of hydrogen-bond donors (Lipinski definition) is 0. The van der Waals surface area contributed by atoms with E-state index in [1.165, 1.54) is 6.08 Å². The minimum absolute atomic E-state index is 0.177. The zero-order valence-corrected chi connectivity index (χ0v) is 13.4. The molecule has 0 atom stereocenters. The second-order valence-corrected chi connectivity index (χ2v) is 6.18. The number of rotatable bonds is 5. The van der Waals surface area contributed by atoms with E-state index in [1.807, 2.05) is 35.5 Å². The molecule has 3 aromatic heterocycles. The lowest BCUT2D eigenvalue weighted by atomic mass is 10.3. The number of aromatic nitrogens is 3. The van der Waals surface area contributed by atoms with Crippen molar-refractivity contribution in [1.29, 1.82) is 0 Å². The van der Waals surface area contributed by atoms with Crippen LogP contribution in [-0.2, 0) is 23.2 Å². The third-order valence-electron chi connectivity index (χ3n) is 2.82. The summed E-state index contributed by atoms with van der Waals surface area (Å²) in [6.07, 6.45) is 6.56. The normalized spacial score (nSPS) is 11.1. The molecule has 0 fully saturated rings. The number of ether oxygens (including phenoxy) is 1. The van der Waals surface area contributed by atoms with Gasteiger partial charge >= 0.3 is 5.97 Å². The van der Waals surface area contributed by atoms with Crippen LogP contribution in [0.3, 0.4) is 0 Å². The van der Waals surface area contributed by atoms with Crippen molar-refractivity contribution in [2.75, 3.05) is 0 Å². The summed E-state index contributed by atoms with van der Waals surface area (Å²) in [7, 11) is 1.82. The fourth-order valence-electron chi connectivity index (χ4n) is 1.78.